The van der Waals surface area contributed by atoms with Crippen molar-refractivity contribution in [3.05, 3.63) is 71.9 Å². The molecule has 5 atom stereocenters. The molecule has 0 fully saturated rings. The number of benzene rings is 2. The molecule has 0 aliphatic heterocycles. The summed E-state index contributed by atoms with van der Waals surface area (Å²) in [5.74, 6) is -3.44. The van der Waals surface area contributed by atoms with Gasteiger partial charge in [0.05, 0.1) is 6.04 Å². The average Bonchev–Trinajstić information content (AvgIpc) is 3.36. The highest BCUT2D eigenvalue weighted by Gasteiger charge is 2.33. The van der Waals surface area contributed by atoms with Crippen LogP contribution in [0.25, 0.3) is 10.9 Å². The Bertz CT molecular complexity index is 1340. The van der Waals surface area contributed by atoms with Gasteiger partial charge in [0.2, 0.25) is 17.7 Å². The Balaban J connectivity index is 1.79. The third kappa shape index (κ3) is 8.40. The molecule has 0 aliphatic rings. The van der Waals surface area contributed by atoms with Crippen LogP contribution < -0.4 is 21.7 Å². The monoisotopic (exact) mass is 563 g/mol. The second kappa shape index (κ2) is 14.5. The molecule has 5 unspecified atom stereocenters. The van der Waals surface area contributed by atoms with Gasteiger partial charge in [-0.05, 0) is 35.4 Å². The van der Waals surface area contributed by atoms with Crippen molar-refractivity contribution >= 4 is 34.6 Å². The Morgan fingerprint density at radius 1 is 0.829 bits per heavy atom. The van der Waals surface area contributed by atoms with Gasteiger partial charge in [-0.3, -0.25) is 14.4 Å². The molecule has 10 nitrogen and oxygen atoms in total. The Morgan fingerprint density at radius 2 is 1.46 bits per heavy atom. The molecule has 3 aromatic rings. The van der Waals surface area contributed by atoms with Crippen LogP contribution >= 0.6 is 0 Å². The van der Waals surface area contributed by atoms with Gasteiger partial charge in [0.25, 0.3) is 0 Å². The van der Waals surface area contributed by atoms with Gasteiger partial charge in [-0.2, -0.15) is 0 Å². The van der Waals surface area contributed by atoms with Crippen LogP contribution in [0.2, 0.25) is 0 Å². The van der Waals surface area contributed by atoms with E-state index in [9.17, 15) is 24.3 Å². The lowest BCUT2D eigenvalue weighted by atomic mass is 9.95. The zero-order chi connectivity index (χ0) is 30.1. The van der Waals surface area contributed by atoms with E-state index in [2.05, 4.69) is 20.9 Å². The summed E-state index contributed by atoms with van der Waals surface area (Å²) in [5, 5.41) is 18.6. The molecule has 3 rings (SSSR count). The minimum Gasteiger partial charge on any atom is -0.480 e. The smallest absolute Gasteiger partial charge is 0.326 e. The van der Waals surface area contributed by atoms with Crippen molar-refractivity contribution in [1.29, 1.82) is 0 Å². The first-order valence-electron chi connectivity index (χ1n) is 14.0. The lowest BCUT2D eigenvalue weighted by Gasteiger charge is -2.29. The Hall–Kier alpha value is -4.18. The summed E-state index contributed by atoms with van der Waals surface area (Å²) in [6.45, 7) is 7.07. The number of carbonyl (C=O) groups excluding carboxylic acids is 3. The second-order valence-electron chi connectivity index (χ2n) is 10.9. The maximum absolute atomic E-state index is 13.6. The molecule has 10 heteroatoms. The third-order valence-electron chi connectivity index (χ3n) is 7.39. The molecule has 41 heavy (non-hydrogen) atoms. The van der Waals surface area contributed by atoms with E-state index >= 15 is 0 Å². The first-order chi connectivity index (χ1) is 19.5. The van der Waals surface area contributed by atoms with Crippen molar-refractivity contribution in [2.75, 3.05) is 0 Å². The minimum atomic E-state index is -1.15. The van der Waals surface area contributed by atoms with Gasteiger partial charge in [0.15, 0.2) is 0 Å². The first kappa shape index (κ1) is 31.3. The van der Waals surface area contributed by atoms with E-state index in [-0.39, 0.29) is 24.7 Å². The van der Waals surface area contributed by atoms with Gasteiger partial charge in [0, 0.05) is 23.5 Å². The van der Waals surface area contributed by atoms with Crippen molar-refractivity contribution in [2.24, 2.45) is 17.6 Å². The van der Waals surface area contributed by atoms with E-state index in [1.165, 1.54) is 0 Å². The van der Waals surface area contributed by atoms with E-state index in [1.54, 1.807) is 20.8 Å². The van der Waals surface area contributed by atoms with Crippen molar-refractivity contribution in [3.63, 3.8) is 0 Å². The Labute approximate surface area is 240 Å². The molecule has 0 saturated carbocycles. The molecule has 0 aliphatic carbocycles. The van der Waals surface area contributed by atoms with Crippen LogP contribution in [0.15, 0.2) is 60.8 Å². The first-order valence-corrected chi connectivity index (χ1v) is 14.0. The number of hydrogen-bond donors (Lipinski definition) is 6. The summed E-state index contributed by atoms with van der Waals surface area (Å²) < 4.78 is 0. The number of hydrogen-bond acceptors (Lipinski definition) is 5. The fourth-order valence-electron chi connectivity index (χ4n) is 4.68. The molecule has 0 spiro atoms. The van der Waals surface area contributed by atoms with Gasteiger partial charge in [-0.25, -0.2) is 4.79 Å². The number of carboxylic acid groups (broad SMARTS) is 1. The molecule has 1 heterocycles. The summed E-state index contributed by atoms with van der Waals surface area (Å²) >= 11 is 0. The quantitative estimate of drug-likeness (QED) is 0.176. The standard InChI is InChI=1S/C31H41N5O5/c1-5-19(4)27(30(39)35-26(18(2)3)31(40)41)36-29(38)25(15-20-11-7-6-8-12-20)34-28(37)23(32)16-21-17-33-24-14-10-9-13-22(21)24/h6-14,17-19,23,25-27,33H,5,15-16,32H2,1-4H3,(H,34,37)(H,35,39)(H,36,38)(H,40,41). The highest BCUT2D eigenvalue weighted by atomic mass is 16.4. The number of carbonyl (C=O) groups is 4. The number of nitrogens with one attached hydrogen (secondary N) is 4. The zero-order valence-corrected chi connectivity index (χ0v) is 24.0. The number of aliphatic carboxylic acids is 1. The maximum Gasteiger partial charge on any atom is 0.326 e. The van der Waals surface area contributed by atoms with Gasteiger partial charge in [-0.15, -0.1) is 0 Å². The highest BCUT2D eigenvalue weighted by Crippen LogP contribution is 2.19. The molecule has 0 radical (unpaired) electrons. The maximum atomic E-state index is 13.6. The summed E-state index contributed by atoms with van der Waals surface area (Å²) in [4.78, 5) is 54.9. The molecule has 0 saturated heterocycles. The molecule has 1 aromatic heterocycles. The number of fused-ring (bicyclic) bond motifs is 1. The number of rotatable bonds is 14. The molecule has 0 bridgehead atoms. The summed E-state index contributed by atoms with van der Waals surface area (Å²) in [6, 6.07) is 12.9. The summed E-state index contributed by atoms with van der Waals surface area (Å²) in [5.41, 5.74) is 8.93. The predicted octanol–water partition coefficient (Wildman–Crippen LogP) is 2.52. The van der Waals surface area contributed by atoms with Crippen molar-refractivity contribution in [2.45, 2.75) is 71.1 Å². The Morgan fingerprint density at radius 3 is 2.10 bits per heavy atom. The number of aromatic nitrogens is 1. The SMILES string of the molecule is CCC(C)C(NC(=O)C(Cc1ccccc1)NC(=O)C(N)Cc1c[nH]c2ccccc12)C(=O)NC(C(=O)O)C(C)C. The fraction of sp³-hybridized carbons (Fsp3) is 0.419. The lowest BCUT2D eigenvalue weighted by Crippen LogP contribution is -2.59. The summed E-state index contributed by atoms with van der Waals surface area (Å²) in [7, 11) is 0. The number of amides is 3. The third-order valence-corrected chi connectivity index (χ3v) is 7.39. The number of H-pyrrole nitrogens is 1. The van der Waals surface area contributed by atoms with Crippen LogP contribution in [-0.4, -0.2) is 57.9 Å². The topological polar surface area (TPSA) is 166 Å². The van der Waals surface area contributed by atoms with Crippen LogP contribution in [0, 0.1) is 11.8 Å². The van der Waals surface area contributed by atoms with Gasteiger partial charge in [-0.1, -0.05) is 82.6 Å². The Kier molecular flexibility index (Phi) is 11.0. The molecular weight excluding hydrogens is 522 g/mol. The molecule has 220 valence electrons. The van der Waals surface area contributed by atoms with Crippen LogP contribution in [0.5, 0.6) is 0 Å². The highest BCUT2D eigenvalue weighted by molar-refractivity contribution is 5.94. The molecule has 3 amide bonds. The minimum absolute atomic E-state index is 0.177. The van der Waals surface area contributed by atoms with E-state index in [1.807, 2.05) is 67.7 Å². The molecular formula is C31H41N5O5. The normalized spacial score (nSPS) is 15.0. The molecule has 7 N–H and O–H groups in total. The van der Waals surface area contributed by atoms with Crippen molar-refractivity contribution in [3.8, 4) is 0 Å². The number of aromatic amines is 1. The molecule has 2 aromatic carbocycles. The van der Waals surface area contributed by atoms with Crippen LogP contribution in [0.4, 0.5) is 0 Å². The van der Waals surface area contributed by atoms with Gasteiger partial charge < -0.3 is 31.8 Å². The number of nitrogens with two attached hydrogens (primary N) is 1. The summed E-state index contributed by atoms with van der Waals surface area (Å²) in [6.07, 6.45) is 2.82. The van der Waals surface area contributed by atoms with E-state index in [0.29, 0.717) is 6.42 Å². The van der Waals surface area contributed by atoms with Crippen LogP contribution in [-0.2, 0) is 32.0 Å². The predicted molar refractivity (Wildman–Crippen MR) is 158 cm³/mol. The lowest BCUT2D eigenvalue weighted by molar-refractivity contribution is -0.144. The van der Waals surface area contributed by atoms with Crippen LogP contribution in [0.1, 0.15) is 45.2 Å². The van der Waals surface area contributed by atoms with Crippen molar-refractivity contribution in [1.82, 2.24) is 20.9 Å². The van der Waals surface area contributed by atoms with E-state index in [4.69, 9.17) is 5.73 Å². The average molecular weight is 564 g/mol. The van der Waals surface area contributed by atoms with Gasteiger partial charge in [0.1, 0.15) is 18.1 Å². The van der Waals surface area contributed by atoms with Crippen LogP contribution in [0.3, 0.4) is 0 Å². The van der Waals surface area contributed by atoms with Gasteiger partial charge >= 0.3 is 5.97 Å². The largest absolute Gasteiger partial charge is 0.480 e. The van der Waals surface area contributed by atoms with E-state index < -0.39 is 47.9 Å². The fourth-order valence-corrected chi connectivity index (χ4v) is 4.68. The number of carboxylic acids is 1. The van der Waals surface area contributed by atoms with E-state index in [0.717, 1.165) is 22.0 Å². The zero-order valence-electron chi connectivity index (χ0n) is 24.0. The number of para-hydroxylation sites is 1. The second-order valence-corrected chi connectivity index (χ2v) is 10.9. The van der Waals surface area contributed by atoms with Crippen molar-refractivity contribution < 1.29 is 24.3 Å².